The molecule has 1 saturated carbocycles. The van der Waals surface area contributed by atoms with Gasteiger partial charge in [-0.1, -0.05) is 32.9 Å². The number of nitrogens with zero attached hydrogens (tertiary/aromatic N) is 3. The first kappa shape index (κ1) is 22.2. The van der Waals surface area contributed by atoms with Crippen molar-refractivity contribution >= 4 is 29.9 Å². The predicted molar refractivity (Wildman–Crippen MR) is 113 cm³/mol. The standard InChI is InChI=1S/C18H33N5O.HI/c1-12(2)14-6-8-15(9-7-14)21-18(19-5)20-11-10-16-22-17(13(3)4)23-24-16;/h12-15H,6-11H2,1-5H3,(H2,19,20,21);1H. The molecule has 1 aromatic heterocycles. The monoisotopic (exact) mass is 463 g/mol. The van der Waals surface area contributed by atoms with Crippen LogP contribution in [0.4, 0.5) is 0 Å². The zero-order valence-electron chi connectivity index (χ0n) is 16.2. The van der Waals surface area contributed by atoms with Crippen LogP contribution in [-0.2, 0) is 6.42 Å². The van der Waals surface area contributed by atoms with Crippen LogP contribution in [0.5, 0.6) is 0 Å². The minimum absolute atomic E-state index is 0. The Balaban J connectivity index is 0.00000312. The highest BCUT2D eigenvalue weighted by Gasteiger charge is 2.23. The van der Waals surface area contributed by atoms with E-state index in [0.29, 0.717) is 24.3 Å². The van der Waals surface area contributed by atoms with Gasteiger partial charge in [-0.2, -0.15) is 4.98 Å². The fourth-order valence-corrected chi connectivity index (χ4v) is 3.21. The largest absolute Gasteiger partial charge is 0.356 e. The first-order chi connectivity index (χ1) is 11.5. The van der Waals surface area contributed by atoms with Gasteiger partial charge in [-0.25, -0.2) is 0 Å². The molecule has 0 saturated heterocycles. The van der Waals surface area contributed by atoms with Crippen LogP contribution in [-0.4, -0.2) is 35.7 Å². The van der Waals surface area contributed by atoms with E-state index in [0.717, 1.165) is 30.2 Å². The number of nitrogens with one attached hydrogen (secondary N) is 2. The number of hydrogen-bond donors (Lipinski definition) is 2. The summed E-state index contributed by atoms with van der Waals surface area (Å²) < 4.78 is 5.26. The van der Waals surface area contributed by atoms with Gasteiger partial charge in [0.05, 0.1) is 0 Å². The Morgan fingerprint density at radius 3 is 2.40 bits per heavy atom. The number of aromatic nitrogens is 2. The molecule has 1 heterocycles. The SMILES string of the molecule is CN=C(NCCc1nc(C(C)C)no1)NC1CCC(C(C)C)CC1.I. The van der Waals surface area contributed by atoms with Crippen LogP contribution < -0.4 is 10.6 Å². The number of guanidine groups is 1. The van der Waals surface area contributed by atoms with Crippen LogP contribution in [0.15, 0.2) is 9.52 Å². The number of hydrogen-bond acceptors (Lipinski definition) is 4. The average Bonchev–Trinajstić information content (AvgIpc) is 3.03. The third-order valence-corrected chi connectivity index (χ3v) is 4.91. The fraction of sp³-hybridized carbons (Fsp3) is 0.833. The van der Waals surface area contributed by atoms with Crippen molar-refractivity contribution in [3.63, 3.8) is 0 Å². The van der Waals surface area contributed by atoms with Crippen molar-refractivity contribution in [1.82, 2.24) is 20.8 Å². The van der Waals surface area contributed by atoms with E-state index >= 15 is 0 Å². The van der Waals surface area contributed by atoms with Crippen molar-refractivity contribution in [2.24, 2.45) is 16.8 Å². The molecule has 1 fully saturated rings. The fourth-order valence-electron chi connectivity index (χ4n) is 3.21. The molecular weight excluding hydrogens is 429 g/mol. The molecule has 1 aliphatic rings. The summed E-state index contributed by atoms with van der Waals surface area (Å²) in [5.74, 6) is 4.30. The smallest absolute Gasteiger partial charge is 0.228 e. The van der Waals surface area contributed by atoms with E-state index in [9.17, 15) is 0 Å². The molecule has 25 heavy (non-hydrogen) atoms. The van der Waals surface area contributed by atoms with Gasteiger partial charge < -0.3 is 15.2 Å². The van der Waals surface area contributed by atoms with E-state index in [2.05, 4.69) is 53.5 Å². The molecule has 0 bridgehead atoms. The lowest BCUT2D eigenvalue weighted by molar-refractivity contribution is 0.250. The molecule has 0 radical (unpaired) electrons. The zero-order chi connectivity index (χ0) is 17.5. The topological polar surface area (TPSA) is 75.3 Å². The molecule has 2 rings (SSSR count). The van der Waals surface area contributed by atoms with Crippen LogP contribution in [0.2, 0.25) is 0 Å². The summed E-state index contributed by atoms with van der Waals surface area (Å²) in [6, 6.07) is 0.530. The van der Waals surface area contributed by atoms with Gasteiger partial charge in [-0.15, -0.1) is 24.0 Å². The molecular formula is C18H34IN5O. The Hall–Kier alpha value is -0.860. The maximum absolute atomic E-state index is 5.26. The molecule has 0 unspecified atom stereocenters. The van der Waals surface area contributed by atoms with Crippen molar-refractivity contribution < 1.29 is 4.52 Å². The van der Waals surface area contributed by atoms with Crippen molar-refractivity contribution in [3.8, 4) is 0 Å². The van der Waals surface area contributed by atoms with Gasteiger partial charge in [-0.3, -0.25) is 4.99 Å². The Bertz CT molecular complexity index is 521. The second-order valence-corrected chi connectivity index (χ2v) is 7.45. The van der Waals surface area contributed by atoms with Gasteiger partial charge in [0.1, 0.15) is 0 Å². The van der Waals surface area contributed by atoms with Gasteiger partial charge >= 0.3 is 0 Å². The van der Waals surface area contributed by atoms with E-state index in [1.54, 1.807) is 0 Å². The van der Waals surface area contributed by atoms with Crippen LogP contribution >= 0.6 is 24.0 Å². The highest BCUT2D eigenvalue weighted by Crippen LogP contribution is 2.29. The lowest BCUT2D eigenvalue weighted by atomic mass is 9.80. The molecule has 0 atom stereocenters. The van der Waals surface area contributed by atoms with Crippen LogP contribution in [0, 0.1) is 11.8 Å². The molecule has 144 valence electrons. The normalized spacial score (nSPS) is 21.3. The number of aliphatic imine (C=N–C) groups is 1. The highest BCUT2D eigenvalue weighted by molar-refractivity contribution is 14.0. The molecule has 0 aliphatic heterocycles. The van der Waals surface area contributed by atoms with Crippen molar-refractivity contribution in [2.45, 2.75) is 71.8 Å². The summed E-state index contributed by atoms with van der Waals surface area (Å²) in [7, 11) is 1.82. The second kappa shape index (κ2) is 11.0. The zero-order valence-corrected chi connectivity index (χ0v) is 18.5. The summed E-state index contributed by atoms with van der Waals surface area (Å²) in [6.07, 6.45) is 5.79. The maximum Gasteiger partial charge on any atom is 0.228 e. The first-order valence-electron chi connectivity index (χ1n) is 9.29. The third kappa shape index (κ3) is 7.11. The quantitative estimate of drug-likeness (QED) is 0.382. The van der Waals surface area contributed by atoms with Gasteiger partial charge in [-0.05, 0) is 37.5 Å². The van der Waals surface area contributed by atoms with Crippen LogP contribution in [0.25, 0.3) is 0 Å². The molecule has 6 nitrogen and oxygen atoms in total. The second-order valence-electron chi connectivity index (χ2n) is 7.45. The van der Waals surface area contributed by atoms with Gasteiger partial charge in [0.25, 0.3) is 0 Å². The van der Waals surface area contributed by atoms with Crippen molar-refractivity contribution in [3.05, 3.63) is 11.7 Å². The maximum atomic E-state index is 5.26. The van der Waals surface area contributed by atoms with Crippen LogP contribution in [0.3, 0.4) is 0 Å². The van der Waals surface area contributed by atoms with Crippen LogP contribution in [0.1, 0.15) is 71.0 Å². The van der Waals surface area contributed by atoms with E-state index < -0.39 is 0 Å². The number of halogens is 1. The predicted octanol–water partition coefficient (Wildman–Crippen LogP) is 3.73. The summed E-state index contributed by atoms with van der Waals surface area (Å²) in [6.45, 7) is 9.53. The molecule has 2 N–H and O–H groups in total. The summed E-state index contributed by atoms with van der Waals surface area (Å²) in [4.78, 5) is 8.72. The third-order valence-electron chi connectivity index (χ3n) is 4.91. The first-order valence-corrected chi connectivity index (χ1v) is 9.29. The minimum Gasteiger partial charge on any atom is -0.356 e. The Morgan fingerprint density at radius 1 is 1.20 bits per heavy atom. The van der Waals surface area contributed by atoms with E-state index in [-0.39, 0.29) is 24.0 Å². The molecule has 0 aromatic carbocycles. The molecule has 1 aliphatic carbocycles. The van der Waals surface area contributed by atoms with Crippen molar-refractivity contribution in [1.29, 1.82) is 0 Å². The molecule has 1 aromatic rings. The van der Waals surface area contributed by atoms with Crippen molar-refractivity contribution in [2.75, 3.05) is 13.6 Å². The van der Waals surface area contributed by atoms with E-state index in [1.165, 1.54) is 25.7 Å². The highest BCUT2D eigenvalue weighted by atomic mass is 127. The van der Waals surface area contributed by atoms with Gasteiger partial charge in [0, 0.05) is 32.0 Å². The lowest BCUT2D eigenvalue weighted by Gasteiger charge is -2.32. The molecule has 0 amide bonds. The lowest BCUT2D eigenvalue weighted by Crippen LogP contribution is -2.45. The molecule has 0 spiro atoms. The summed E-state index contributed by atoms with van der Waals surface area (Å²) in [5, 5.41) is 10.9. The van der Waals surface area contributed by atoms with Gasteiger partial charge in [0.15, 0.2) is 11.8 Å². The molecule has 7 heteroatoms. The number of rotatable bonds is 6. The minimum atomic E-state index is 0. The summed E-state index contributed by atoms with van der Waals surface area (Å²) in [5.41, 5.74) is 0. The Morgan fingerprint density at radius 2 is 1.88 bits per heavy atom. The Labute approximate surface area is 169 Å². The average molecular weight is 463 g/mol. The Kier molecular flexibility index (Phi) is 9.74. The van der Waals surface area contributed by atoms with Gasteiger partial charge in [0.2, 0.25) is 5.89 Å². The van der Waals surface area contributed by atoms with E-state index in [1.807, 2.05) is 7.05 Å². The summed E-state index contributed by atoms with van der Waals surface area (Å²) >= 11 is 0. The van der Waals surface area contributed by atoms with E-state index in [4.69, 9.17) is 4.52 Å².